The summed E-state index contributed by atoms with van der Waals surface area (Å²) < 4.78 is 0. The van der Waals surface area contributed by atoms with Crippen LogP contribution in [0.2, 0.25) is 0 Å². The second-order valence-corrected chi connectivity index (χ2v) is 4.51. The molecule has 3 heteroatoms. The zero-order chi connectivity index (χ0) is 13.5. The van der Waals surface area contributed by atoms with Crippen molar-refractivity contribution in [2.75, 3.05) is 26.7 Å². The summed E-state index contributed by atoms with van der Waals surface area (Å²) in [7, 11) is 1.82. The van der Waals surface area contributed by atoms with Gasteiger partial charge in [0.15, 0.2) is 5.96 Å². The Bertz CT molecular complexity index is 474. The van der Waals surface area contributed by atoms with E-state index in [1.165, 1.54) is 11.1 Å². The Morgan fingerprint density at radius 1 is 1.42 bits per heavy atom. The fourth-order valence-electron chi connectivity index (χ4n) is 2.27. The maximum absolute atomic E-state index is 4.30. The minimum atomic E-state index is 0.748. The normalized spacial score (nSPS) is 15.9. The molecule has 1 heterocycles. The lowest BCUT2D eigenvalue weighted by atomic mass is 10.00. The monoisotopic (exact) mass is 255 g/mol. The van der Waals surface area contributed by atoms with Crippen LogP contribution in [0.25, 0.3) is 5.57 Å². The molecule has 19 heavy (non-hydrogen) atoms. The molecular weight excluding hydrogens is 234 g/mol. The fraction of sp³-hybridized carbons (Fsp3) is 0.312. The van der Waals surface area contributed by atoms with Gasteiger partial charge in [-0.3, -0.25) is 4.99 Å². The molecule has 0 saturated heterocycles. The van der Waals surface area contributed by atoms with Crippen molar-refractivity contribution in [1.82, 2.24) is 10.2 Å². The van der Waals surface area contributed by atoms with Gasteiger partial charge in [-0.25, -0.2) is 0 Å². The lowest BCUT2D eigenvalue weighted by Gasteiger charge is -2.29. The van der Waals surface area contributed by atoms with E-state index >= 15 is 0 Å². The van der Waals surface area contributed by atoms with Gasteiger partial charge < -0.3 is 10.2 Å². The molecule has 0 amide bonds. The Balaban J connectivity index is 2.01. The van der Waals surface area contributed by atoms with Gasteiger partial charge in [0.2, 0.25) is 0 Å². The SMILES string of the molecule is C=CCNC(=NC)N1CC=C(c2ccccc2)CC1. The zero-order valence-electron chi connectivity index (χ0n) is 11.5. The highest BCUT2D eigenvalue weighted by Crippen LogP contribution is 2.21. The topological polar surface area (TPSA) is 27.6 Å². The Morgan fingerprint density at radius 3 is 2.79 bits per heavy atom. The van der Waals surface area contributed by atoms with E-state index in [1.54, 1.807) is 0 Å². The van der Waals surface area contributed by atoms with E-state index in [0.29, 0.717) is 0 Å². The lowest BCUT2D eigenvalue weighted by molar-refractivity contribution is 0.443. The second kappa shape index (κ2) is 6.78. The van der Waals surface area contributed by atoms with Crippen molar-refractivity contribution in [1.29, 1.82) is 0 Å². The van der Waals surface area contributed by atoms with Gasteiger partial charge in [0, 0.05) is 26.7 Å². The maximum Gasteiger partial charge on any atom is 0.194 e. The third-order valence-corrected chi connectivity index (χ3v) is 3.27. The molecule has 0 radical (unpaired) electrons. The predicted molar refractivity (Wildman–Crippen MR) is 82.2 cm³/mol. The second-order valence-electron chi connectivity index (χ2n) is 4.51. The minimum Gasteiger partial charge on any atom is -0.353 e. The van der Waals surface area contributed by atoms with Crippen molar-refractivity contribution in [2.45, 2.75) is 6.42 Å². The number of nitrogens with zero attached hydrogens (tertiary/aromatic N) is 2. The highest BCUT2D eigenvalue weighted by atomic mass is 15.3. The van der Waals surface area contributed by atoms with Crippen LogP contribution in [0.4, 0.5) is 0 Å². The summed E-state index contributed by atoms with van der Waals surface area (Å²) in [5, 5.41) is 3.27. The van der Waals surface area contributed by atoms with Crippen LogP contribution in [0.5, 0.6) is 0 Å². The first kappa shape index (κ1) is 13.4. The molecule has 0 saturated carbocycles. The van der Waals surface area contributed by atoms with Crippen molar-refractivity contribution >= 4 is 11.5 Å². The largest absolute Gasteiger partial charge is 0.353 e. The first-order valence-corrected chi connectivity index (χ1v) is 6.66. The van der Waals surface area contributed by atoms with E-state index in [0.717, 1.165) is 32.0 Å². The molecule has 0 atom stereocenters. The maximum atomic E-state index is 4.30. The van der Waals surface area contributed by atoms with E-state index in [4.69, 9.17) is 0 Å². The van der Waals surface area contributed by atoms with Gasteiger partial charge in [0.05, 0.1) is 0 Å². The molecular formula is C16H21N3. The number of hydrogen-bond donors (Lipinski definition) is 1. The van der Waals surface area contributed by atoms with Gasteiger partial charge >= 0.3 is 0 Å². The third-order valence-electron chi connectivity index (χ3n) is 3.27. The third kappa shape index (κ3) is 3.47. The van der Waals surface area contributed by atoms with Crippen molar-refractivity contribution in [3.8, 4) is 0 Å². The molecule has 1 N–H and O–H groups in total. The molecule has 0 fully saturated rings. The summed E-state index contributed by atoms with van der Waals surface area (Å²) >= 11 is 0. The van der Waals surface area contributed by atoms with Crippen LogP contribution in [-0.4, -0.2) is 37.5 Å². The Kier molecular flexibility index (Phi) is 4.78. The number of benzene rings is 1. The number of hydrogen-bond acceptors (Lipinski definition) is 1. The van der Waals surface area contributed by atoms with Crippen LogP contribution in [0.1, 0.15) is 12.0 Å². The molecule has 100 valence electrons. The van der Waals surface area contributed by atoms with E-state index in [1.807, 2.05) is 13.1 Å². The molecule has 0 bridgehead atoms. The molecule has 0 aromatic heterocycles. The number of rotatable bonds is 3. The van der Waals surface area contributed by atoms with E-state index in [9.17, 15) is 0 Å². The highest BCUT2D eigenvalue weighted by molar-refractivity contribution is 5.81. The predicted octanol–water partition coefficient (Wildman–Crippen LogP) is 2.54. The van der Waals surface area contributed by atoms with Crippen molar-refractivity contribution in [3.05, 3.63) is 54.6 Å². The summed E-state index contributed by atoms with van der Waals surface area (Å²) in [6.45, 7) is 6.37. The fourth-order valence-corrected chi connectivity index (χ4v) is 2.27. The Labute approximate surface area is 115 Å². The summed E-state index contributed by atoms with van der Waals surface area (Å²) in [5.41, 5.74) is 2.76. The number of aliphatic imine (C=N–C) groups is 1. The quantitative estimate of drug-likeness (QED) is 0.510. The molecule has 0 spiro atoms. The average molecular weight is 255 g/mol. The lowest BCUT2D eigenvalue weighted by Crippen LogP contribution is -2.43. The van der Waals surface area contributed by atoms with Crippen molar-refractivity contribution in [3.63, 3.8) is 0 Å². The molecule has 0 aliphatic carbocycles. The molecule has 1 aromatic carbocycles. The molecule has 0 unspecified atom stereocenters. The van der Waals surface area contributed by atoms with Gasteiger partial charge in [0.1, 0.15) is 0 Å². The first-order chi connectivity index (χ1) is 9.35. The van der Waals surface area contributed by atoms with Crippen LogP contribution >= 0.6 is 0 Å². The summed E-state index contributed by atoms with van der Waals surface area (Å²) in [4.78, 5) is 6.56. The molecule has 2 rings (SSSR count). The number of nitrogens with one attached hydrogen (secondary N) is 1. The average Bonchev–Trinajstić information content (AvgIpc) is 2.49. The Morgan fingerprint density at radius 2 is 2.21 bits per heavy atom. The van der Waals surface area contributed by atoms with Crippen LogP contribution in [0, 0.1) is 0 Å². The molecule has 1 aliphatic rings. The highest BCUT2D eigenvalue weighted by Gasteiger charge is 2.15. The van der Waals surface area contributed by atoms with Gasteiger partial charge in [-0.15, -0.1) is 6.58 Å². The number of guanidine groups is 1. The standard InChI is InChI=1S/C16H21N3/c1-3-11-18-16(17-2)19-12-9-15(10-13-19)14-7-5-4-6-8-14/h3-9H,1,10-13H2,2H3,(H,17,18). The summed E-state index contributed by atoms with van der Waals surface area (Å²) in [5.74, 6) is 0.947. The van der Waals surface area contributed by atoms with Gasteiger partial charge in [-0.1, -0.05) is 42.5 Å². The molecule has 1 aliphatic heterocycles. The van der Waals surface area contributed by atoms with Gasteiger partial charge in [-0.05, 0) is 17.6 Å². The van der Waals surface area contributed by atoms with Crippen LogP contribution in [-0.2, 0) is 0 Å². The smallest absolute Gasteiger partial charge is 0.194 e. The van der Waals surface area contributed by atoms with Crippen LogP contribution < -0.4 is 5.32 Å². The van der Waals surface area contributed by atoms with Gasteiger partial charge in [0.25, 0.3) is 0 Å². The molecule has 1 aromatic rings. The minimum absolute atomic E-state index is 0.748. The van der Waals surface area contributed by atoms with Gasteiger partial charge in [-0.2, -0.15) is 0 Å². The zero-order valence-corrected chi connectivity index (χ0v) is 11.5. The van der Waals surface area contributed by atoms with Crippen molar-refractivity contribution < 1.29 is 0 Å². The first-order valence-electron chi connectivity index (χ1n) is 6.66. The van der Waals surface area contributed by atoms with Crippen molar-refractivity contribution in [2.24, 2.45) is 4.99 Å². The van der Waals surface area contributed by atoms with E-state index in [-0.39, 0.29) is 0 Å². The van der Waals surface area contributed by atoms with E-state index < -0.39 is 0 Å². The van der Waals surface area contributed by atoms with Crippen LogP contribution in [0.15, 0.2) is 54.1 Å². The Hall–Kier alpha value is -2.03. The summed E-state index contributed by atoms with van der Waals surface area (Å²) in [6.07, 6.45) is 5.19. The molecule has 3 nitrogen and oxygen atoms in total. The summed E-state index contributed by atoms with van der Waals surface area (Å²) in [6, 6.07) is 10.6. The van der Waals surface area contributed by atoms with Crippen LogP contribution in [0.3, 0.4) is 0 Å². The van der Waals surface area contributed by atoms with E-state index in [2.05, 4.69) is 58.2 Å².